The van der Waals surface area contributed by atoms with Gasteiger partial charge in [0.1, 0.15) is 6.04 Å². The zero-order valence-electron chi connectivity index (χ0n) is 11.0. The van der Waals surface area contributed by atoms with Gasteiger partial charge in [0.25, 0.3) is 0 Å². The molecule has 0 aliphatic heterocycles. The van der Waals surface area contributed by atoms with Gasteiger partial charge in [-0.3, -0.25) is 4.79 Å². The quantitative estimate of drug-likeness (QED) is 0.887. The first-order valence-electron chi connectivity index (χ1n) is 6.85. The maximum absolute atomic E-state index is 12.5. The molecule has 1 aliphatic rings. The summed E-state index contributed by atoms with van der Waals surface area (Å²) in [5.41, 5.74) is 6.99. The third kappa shape index (κ3) is 2.72. The lowest BCUT2D eigenvalue weighted by Gasteiger charge is -2.30. The predicted octanol–water partition coefficient (Wildman–Crippen LogP) is 2.48. The molecule has 18 heavy (non-hydrogen) atoms. The monoisotopic (exact) mass is 246 g/mol. The van der Waals surface area contributed by atoms with Gasteiger partial charge in [-0.2, -0.15) is 0 Å². The standard InChI is InChI=1S/C15H22N2O/c1-2-17(13-10-6-7-11-13)15(18)14(16)12-8-4-3-5-9-12/h3-5,8-9,13-14H,2,6-7,10-11,16H2,1H3/t14-/m0/s1. The molecule has 98 valence electrons. The maximum atomic E-state index is 12.5. The van der Waals surface area contributed by atoms with E-state index >= 15 is 0 Å². The largest absolute Gasteiger partial charge is 0.338 e. The molecule has 2 N–H and O–H groups in total. The van der Waals surface area contributed by atoms with Crippen LogP contribution in [0.4, 0.5) is 0 Å². The van der Waals surface area contributed by atoms with E-state index in [0.29, 0.717) is 6.04 Å². The highest BCUT2D eigenvalue weighted by molar-refractivity contribution is 5.83. The molecule has 2 rings (SSSR count). The molecule has 1 aliphatic carbocycles. The Bertz CT molecular complexity index is 385. The van der Waals surface area contributed by atoms with Crippen molar-refractivity contribution in [3.8, 4) is 0 Å². The Balaban J connectivity index is 2.09. The lowest BCUT2D eigenvalue weighted by Crippen LogP contribution is -2.43. The third-order valence-electron chi connectivity index (χ3n) is 3.81. The normalized spacial score (nSPS) is 17.7. The Kier molecular flexibility index (Phi) is 4.37. The summed E-state index contributed by atoms with van der Waals surface area (Å²) in [5, 5.41) is 0. The number of hydrogen-bond acceptors (Lipinski definition) is 2. The summed E-state index contributed by atoms with van der Waals surface area (Å²) < 4.78 is 0. The van der Waals surface area contributed by atoms with Crippen LogP contribution in [0.5, 0.6) is 0 Å². The molecule has 1 saturated carbocycles. The van der Waals surface area contributed by atoms with Crippen molar-refractivity contribution in [1.29, 1.82) is 0 Å². The van der Waals surface area contributed by atoms with Gasteiger partial charge < -0.3 is 10.6 Å². The molecule has 0 radical (unpaired) electrons. The molecule has 1 aromatic carbocycles. The van der Waals surface area contributed by atoms with Crippen molar-refractivity contribution in [3.63, 3.8) is 0 Å². The van der Waals surface area contributed by atoms with Crippen molar-refractivity contribution >= 4 is 5.91 Å². The summed E-state index contributed by atoms with van der Waals surface area (Å²) in [5.74, 6) is 0.0654. The topological polar surface area (TPSA) is 46.3 Å². The van der Waals surface area contributed by atoms with E-state index in [0.717, 1.165) is 24.9 Å². The molecule has 1 amide bonds. The van der Waals surface area contributed by atoms with E-state index in [1.807, 2.05) is 42.2 Å². The summed E-state index contributed by atoms with van der Waals surface area (Å²) in [6.07, 6.45) is 4.71. The lowest BCUT2D eigenvalue weighted by molar-refractivity contribution is -0.134. The Morgan fingerprint density at radius 3 is 2.50 bits per heavy atom. The molecule has 0 aromatic heterocycles. The minimum absolute atomic E-state index is 0.0654. The van der Waals surface area contributed by atoms with Crippen molar-refractivity contribution in [2.45, 2.75) is 44.7 Å². The van der Waals surface area contributed by atoms with Crippen LogP contribution >= 0.6 is 0 Å². The van der Waals surface area contributed by atoms with Crippen LogP contribution < -0.4 is 5.73 Å². The van der Waals surface area contributed by atoms with Gasteiger partial charge >= 0.3 is 0 Å². The average Bonchev–Trinajstić information content (AvgIpc) is 2.93. The Morgan fingerprint density at radius 2 is 1.94 bits per heavy atom. The van der Waals surface area contributed by atoms with Crippen LogP contribution in [0.25, 0.3) is 0 Å². The molecule has 0 heterocycles. The van der Waals surface area contributed by atoms with Crippen molar-refractivity contribution in [2.24, 2.45) is 5.73 Å². The molecule has 0 bridgehead atoms. The average molecular weight is 246 g/mol. The molecule has 0 saturated heterocycles. The number of hydrogen-bond donors (Lipinski definition) is 1. The highest BCUT2D eigenvalue weighted by Gasteiger charge is 2.29. The second kappa shape index (κ2) is 6.01. The van der Waals surface area contributed by atoms with Gasteiger partial charge in [-0.25, -0.2) is 0 Å². The van der Waals surface area contributed by atoms with E-state index in [4.69, 9.17) is 5.73 Å². The summed E-state index contributed by atoms with van der Waals surface area (Å²) in [6, 6.07) is 9.51. The van der Waals surface area contributed by atoms with Crippen molar-refractivity contribution in [3.05, 3.63) is 35.9 Å². The first-order chi connectivity index (χ1) is 8.74. The van der Waals surface area contributed by atoms with E-state index < -0.39 is 6.04 Å². The third-order valence-corrected chi connectivity index (χ3v) is 3.81. The van der Waals surface area contributed by atoms with E-state index in [2.05, 4.69) is 0 Å². The van der Waals surface area contributed by atoms with Gasteiger partial charge in [0, 0.05) is 12.6 Å². The van der Waals surface area contributed by atoms with Crippen LogP contribution in [-0.4, -0.2) is 23.4 Å². The number of likely N-dealkylation sites (N-methyl/N-ethyl adjacent to an activating group) is 1. The second-order valence-corrected chi connectivity index (χ2v) is 4.95. The van der Waals surface area contributed by atoms with Crippen molar-refractivity contribution < 1.29 is 4.79 Å². The first kappa shape index (κ1) is 13.1. The van der Waals surface area contributed by atoms with Crippen LogP contribution in [0, 0.1) is 0 Å². The molecule has 1 fully saturated rings. The Labute approximate surface area is 109 Å². The number of rotatable bonds is 4. The molecule has 3 heteroatoms. The number of amides is 1. The zero-order valence-corrected chi connectivity index (χ0v) is 11.0. The van der Waals surface area contributed by atoms with Gasteiger partial charge in [0.15, 0.2) is 0 Å². The van der Waals surface area contributed by atoms with E-state index in [-0.39, 0.29) is 5.91 Å². The summed E-state index contributed by atoms with van der Waals surface area (Å²) in [6.45, 7) is 2.79. The second-order valence-electron chi connectivity index (χ2n) is 4.95. The first-order valence-corrected chi connectivity index (χ1v) is 6.85. The molecule has 1 atom stereocenters. The van der Waals surface area contributed by atoms with Crippen LogP contribution in [0.15, 0.2) is 30.3 Å². The van der Waals surface area contributed by atoms with Gasteiger partial charge in [0.05, 0.1) is 0 Å². The van der Waals surface area contributed by atoms with Crippen molar-refractivity contribution in [1.82, 2.24) is 4.90 Å². The van der Waals surface area contributed by atoms with Crippen LogP contribution in [0.3, 0.4) is 0 Å². The van der Waals surface area contributed by atoms with Crippen LogP contribution in [0.2, 0.25) is 0 Å². The highest BCUT2D eigenvalue weighted by atomic mass is 16.2. The van der Waals surface area contributed by atoms with E-state index in [9.17, 15) is 4.79 Å². The number of nitrogens with zero attached hydrogens (tertiary/aromatic N) is 1. The minimum Gasteiger partial charge on any atom is -0.338 e. The fourth-order valence-corrected chi connectivity index (χ4v) is 2.79. The lowest BCUT2D eigenvalue weighted by atomic mass is 10.1. The van der Waals surface area contributed by atoms with Gasteiger partial charge in [-0.15, -0.1) is 0 Å². The van der Waals surface area contributed by atoms with Gasteiger partial charge in [-0.1, -0.05) is 43.2 Å². The highest BCUT2D eigenvalue weighted by Crippen LogP contribution is 2.25. The summed E-state index contributed by atoms with van der Waals surface area (Å²) in [7, 11) is 0. The summed E-state index contributed by atoms with van der Waals surface area (Å²) in [4.78, 5) is 14.4. The van der Waals surface area contributed by atoms with Gasteiger partial charge in [-0.05, 0) is 25.3 Å². The van der Waals surface area contributed by atoms with Crippen molar-refractivity contribution in [2.75, 3.05) is 6.54 Å². The summed E-state index contributed by atoms with van der Waals surface area (Å²) >= 11 is 0. The number of carbonyl (C=O) groups excluding carboxylic acids is 1. The Hall–Kier alpha value is -1.35. The molecular weight excluding hydrogens is 224 g/mol. The zero-order chi connectivity index (χ0) is 13.0. The smallest absolute Gasteiger partial charge is 0.244 e. The van der Waals surface area contributed by atoms with Crippen LogP contribution in [-0.2, 0) is 4.79 Å². The van der Waals surface area contributed by atoms with E-state index in [1.165, 1.54) is 12.8 Å². The van der Waals surface area contributed by atoms with Crippen LogP contribution in [0.1, 0.15) is 44.2 Å². The maximum Gasteiger partial charge on any atom is 0.244 e. The Morgan fingerprint density at radius 1 is 1.33 bits per heavy atom. The van der Waals surface area contributed by atoms with E-state index in [1.54, 1.807) is 0 Å². The number of nitrogens with two attached hydrogens (primary N) is 1. The molecule has 1 aromatic rings. The fraction of sp³-hybridized carbons (Fsp3) is 0.533. The molecular formula is C15H22N2O. The SMILES string of the molecule is CCN(C(=O)[C@@H](N)c1ccccc1)C1CCCC1. The number of carbonyl (C=O) groups is 1. The van der Waals surface area contributed by atoms with Gasteiger partial charge in [0.2, 0.25) is 5.91 Å². The molecule has 0 spiro atoms. The fourth-order valence-electron chi connectivity index (χ4n) is 2.79. The minimum atomic E-state index is -0.522. The molecule has 3 nitrogen and oxygen atoms in total. The molecule has 0 unspecified atom stereocenters. The predicted molar refractivity (Wildman–Crippen MR) is 73.0 cm³/mol. The number of benzene rings is 1.